The van der Waals surface area contributed by atoms with Crippen LogP contribution in [-0.4, -0.2) is 32.8 Å². The Morgan fingerprint density at radius 1 is 1.13 bits per heavy atom. The number of ketones is 1. The smallest absolute Gasteiger partial charge is 0.301 e. The minimum absolute atomic E-state index is 0.00393. The van der Waals surface area contributed by atoms with Gasteiger partial charge in [-0.15, -0.1) is 0 Å². The summed E-state index contributed by atoms with van der Waals surface area (Å²) in [7, 11) is 0. The number of benzene rings is 3. The van der Waals surface area contributed by atoms with E-state index in [0.717, 1.165) is 15.8 Å². The standard InChI is InChI=1S/C28H21N3O6S/c1-14-3-9-20-22(11-14)38-28(29-20)30-24(16-4-7-19(8-5-16)31(35)36)23(26(33)27(30)34)25(32)17-6-10-21-18(13-17)12-15(2)37-21/h3-11,13,15,24,32H,12H2,1-2H3/b25-23+. The number of hydrogen-bond donors (Lipinski definition) is 1. The van der Waals surface area contributed by atoms with E-state index in [-0.39, 0.29) is 23.1 Å². The lowest BCUT2D eigenvalue weighted by molar-refractivity contribution is -0.384. The molecule has 3 aromatic carbocycles. The number of non-ortho nitro benzene ring substituents is 1. The fraction of sp³-hybridized carbons (Fsp3) is 0.179. The fourth-order valence-electron chi connectivity index (χ4n) is 4.97. The minimum Gasteiger partial charge on any atom is -0.507 e. The van der Waals surface area contributed by atoms with Gasteiger partial charge in [0.25, 0.3) is 11.5 Å². The normalized spacial score (nSPS) is 20.1. The number of carbonyl (C=O) groups excluding carboxylic acids is 2. The molecule has 2 aliphatic rings. The number of hydrogen-bond acceptors (Lipinski definition) is 8. The Bertz CT molecular complexity index is 1690. The molecule has 0 aliphatic carbocycles. The van der Waals surface area contributed by atoms with Crippen molar-refractivity contribution >= 4 is 49.8 Å². The van der Waals surface area contributed by atoms with E-state index in [1.807, 2.05) is 32.0 Å². The summed E-state index contributed by atoms with van der Waals surface area (Å²) in [6, 6.07) is 15.4. The van der Waals surface area contributed by atoms with E-state index >= 15 is 0 Å². The number of nitro benzene ring substituents is 1. The van der Waals surface area contributed by atoms with Crippen LogP contribution in [0.3, 0.4) is 0 Å². The molecule has 0 spiro atoms. The van der Waals surface area contributed by atoms with E-state index in [4.69, 9.17) is 4.74 Å². The molecular formula is C28H21N3O6S. The second kappa shape index (κ2) is 8.77. The first-order valence-corrected chi connectivity index (χ1v) is 12.8. The zero-order valence-corrected chi connectivity index (χ0v) is 21.2. The lowest BCUT2D eigenvalue weighted by Gasteiger charge is -2.23. The van der Waals surface area contributed by atoms with E-state index in [1.165, 1.54) is 40.5 Å². The van der Waals surface area contributed by atoms with Crippen LogP contribution in [0.2, 0.25) is 0 Å². The number of aromatic nitrogens is 1. The number of anilines is 1. The number of nitrogens with zero attached hydrogens (tertiary/aromatic N) is 3. The molecule has 38 heavy (non-hydrogen) atoms. The van der Waals surface area contributed by atoms with Crippen LogP contribution in [0.1, 0.15) is 35.2 Å². The molecule has 2 atom stereocenters. The number of aliphatic hydroxyl groups is 1. The molecule has 1 aromatic heterocycles. The van der Waals surface area contributed by atoms with Gasteiger partial charge in [0.15, 0.2) is 5.13 Å². The van der Waals surface area contributed by atoms with Crippen molar-refractivity contribution in [3.05, 3.63) is 98.6 Å². The Morgan fingerprint density at radius 2 is 1.89 bits per heavy atom. The van der Waals surface area contributed by atoms with Crippen LogP contribution < -0.4 is 9.64 Å². The number of aliphatic hydroxyl groups excluding tert-OH is 1. The number of nitro groups is 1. The third kappa shape index (κ3) is 3.81. The van der Waals surface area contributed by atoms with Gasteiger partial charge in [-0.1, -0.05) is 17.4 Å². The van der Waals surface area contributed by atoms with Crippen LogP contribution in [0.5, 0.6) is 5.75 Å². The summed E-state index contributed by atoms with van der Waals surface area (Å²) in [5.74, 6) is -1.30. The number of amides is 1. The van der Waals surface area contributed by atoms with Gasteiger partial charge in [0.1, 0.15) is 17.6 Å². The molecule has 10 heteroatoms. The van der Waals surface area contributed by atoms with Gasteiger partial charge in [-0.25, -0.2) is 4.98 Å². The highest BCUT2D eigenvalue weighted by molar-refractivity contribution is 7.22. The van der Waals surface area contributed by atoms with Crippen molar-refractivity contribution < 1.29 is 24.4 Å². The molecule has 1 N–H and O–H groups in total. The van der Waals surface area contributed by atoms with Crippen LogP contribution in [-0.2, 0) is 16.0 Å². The largest absolute Gasteiger partial charge is 0.507 e. The van der Waals surface area contributed by atoms with Crippen molar-refractivity contribution in [1.29, 1.82) is 0 Å². The van der Waals surface area contributed by atoms with E-state index in [2.05, 4.69) is 4.98 Å². The lowest BCUT2D eigenvalue weighted by Crippen LogP contribution is -2.29. The van der Waals surface area contributed by atoms with E-state index in [9.17, 15) is 24.8 Å². The summed E-state index contributed by atoms with van der Waals surface area (Å²) >= 11 is 1.26. The summed E-state index contributed by atoms with van der Waals surface area (Å²) < 4.78 is 6.59. The first-order valence-electron chi connectivity index (χ1n) is 11.9. The number of fused-ring (bicyclic) bond motifs is 2. The van der Waals surface area contributed by atoms with Crippen molar-refractivity contribution in [3.63, 3.8) is 0 Å². The molecule has 2 aliphatic heterocycles. The van der Waals surface area contributed by atoms with Crippen LogP contribution in [0.25, 0.3) is 16.0 Å². The number of carbonyl (C=O) groups is 2. The van der Waals surface area contributed by atoms with Crippen molar-refractivity contribution in [2.24, 2.45) is 0 Å². The highest BCUT2D eigenvalue weighted by atomic mass is 32.1. The second-order valence-electron chi connectivity index (χ2n) is 9.44. The van der Waals surface area contributed by atoms with Gasteiger partial charge in [-0.3, -0.25) is 24.6 Å². The van der Waals surface area contributed by atoms with Gasteiger partial charge in [-0.2, -0.15) is 0 Å². The Hall–Kier alpha value is -4.57. The van der Waals surface area contributed by atoms with Gasteiger partial charge >= 0.3 is 5.91 Å². The Morgan fingerprint density at radius 3 is 2.63 bits per heavy atom. The van der Waals surface area contributed by atoms with Gasteiger partial charge in [0.2, 0.25) is 0 Å². The average Bonchev–Trinajstić information content (AvgIpc) is 3.55. The predicted octanol–water partition coefficient (Wildman–Crippen LogP) is 5.46. The monoisotopic (exact) mass is 527 g/mol. The van der Waals surface area contributed by atoms with Crippen molar-refractivity contribution in [3.8, 4) is 5.75 Å². The van der Waals surface area contributed by atoms with Crippen molar-refractivity contribution in [1.82, 2.24) is 4.98 Å². The van der Waals surface area contributed by atoms with E-state index in [1.54, 1.807) is 18.2 Å². The maximum atomic E-state index is 13.5. The average molecular weight is 528 g/mol. The Kier molecular flexibility index (Phi) is 5.50. The Labute approximate surface area is 220 Å². The van der Waals surface area contributed by atoms with E-state index in [0.29, 0.717) is 33.9 Å². The molecule has 0 radical (unpaired) electrons. The minimum atomic E-state index is -1.03. The maximum absolute atomic E-state index is 13.5. The van der Waals surface area contributed by atoms with Gasteiger partial charge in [-0.05, 0) is 73.0 Å². The van der Waals surface area contributed by atoms with E-state index < -0.39 is 22.7 Å². The molecule has 1 fully saturated rings. The fourth-order valence-corrected chi connectivity index (χ4v) is 6.06. The summed E-state index contributed by atoms with van der Waals surface area (Å²) in [5, 5.41) is 23.0. The lowest BCUT2D eigenvalue weighted by atomic mass is 9.94. The van der Waals surface area contributed by atoms with Gasteiger partial charge < -0.3 is 9.84 Å². The number of rotatable bonds is 4. The molecule has 1 saturated heterocycles. The van der Waals surface area contributed by atoms with Crippen molar-refractivity contribution in [2.75, 3.05) is 4.90 Å². The molecule has 190 valence electrons. The molecule has 0 saturated carbocycles. The van der Waals surface area contributed by atoms with Crippen LogP contribution in [0.15, 0.2) is 66.2 Å². The van der Waals surface area contributed by atoms with Crippen LogP contribution in [0.4, 0.5) is 10.8 Å². The number of thiazole rings is 1. The second-order valence-corrected chi connectivity index (χ2v) is 10.4. The molecule has 3 heterocycles. The summed E-state index contributed by atoms with van der Waals surface area (Å²) in [6.45, 7) is 3.89. The third-order valence-corrected chi connectivity index (χ3v) is 7.79. The summed E-state index contributed by atoms with van der Waals surface area (Å²) in [5.41, 5.74) is 3.17. The molecule has 1 amide bonds. The first-order chi connectivity index (χ1) is 18.2. The topological polar surface area (TPSA) is 123 Å². The number of Topliss-reactive ketones (excluding diaryl/α,β-unsaturated/α-hetero) is 1. The number of aryl methyl sites for hydroxylation is 1. The van der Waals surface area contributed by atoms with Gasteiger partial charge in [0, 0.05) is 24.1 Å². The molecule has 4 aromatic rings. The highest BCUT2D eigenvalue weighted by Crippen LogP contribution is 2.45. The zero-order chi connectivity index (χ0) is 26.7. The predicted molar refractivity (Wildman–Crippen MR) is 142 cm³/mol. The van der Waals surface area contributed by atoms with Crippen LogP contribution >= 0.6 is 11.3 Å². The molecule has 2 unspecified atom stereocenters. The quantitative estimate of drug-likeness (QED) is 0.123. The van der Waals surface area contributed by atoms with Crippen molar-refractivity contribution in [2.45, 2.75) is 32.4 Å². The Balaban J connectivity index is 1.53. The zero-order valence-electron chi connectivity index (χ0n) is 20.4. The molecule has 0 bridgehead atoms. The molecule has 9 nitrogen and oxygen atoms in total. The third-order valence-electron chi connectivity index (χ3n) is 6.77. The molecular weight excluding hydrogens is 506 g/mol. The SMILES string of the molecule is Cc1ccc2nc(N3C(=O)C(=O)/C(=C(/O)c4ccc5c(c4)CC(C)O5)C3c3ccc([N+](=O)[O-])cc3)sc2c1. The first kappa shape index (κ1) is 23.8. The van der Waals surface area contributed by atoms with Gasteiger partial charge in [0.05, 0.1) is 26.8 Å². The summed E-state index contributed by atoms with van der Waals surface area (Å²) in [6.07, 6.45) is 0.651. The molecule has 6 rings (SSSR count). The highest BCUT2D eigenvalue weighted by Gasteiger charge is 2.48. The summed E-state index contributed by atoms with van der Waals surface area (Å²) in [4.78, 5) is 43.5. The number of ether oxygens (including phenoxy) is 1. The maximum Gasteiger partial charge on any atom is 0.301 e. The van der Waals surface area contributed by atoms with Crippen LogP contribution in [0, 0.1) is 17.0 Å².